The highest BCUT2D eigenvalue weighted by atomic mass is 15.2. The van der Waals surface area contributed by atoms with Crippen LogP contribution in [0.5, 0.6) is 0 Å². The summed E-state index contributed by atoms with van der Waals surface area (Å²) in [5.74, 6) is 0.820. The molecule has 0 aromatic carbocycles. The van der Waals surface area contributed by atoms with E-state index in [1.807, 2.05) is 0 Å². The minimum absolute atomic E-state index is 0.444. The fraction of sp³-hybridized carbons (Fsp3) is 1.00. The lowest BCUT2D eigenvalue weighted by atomic mass is 10.0. The summed E-state index contributed by atoms with van der Waals surface area (Å²) >= 11 is 0. The van der Waals surface area contributed by atoms with Crippen molar-refractivity contribution in [2.45, 2.75) is 52.5 Å². The van der Waals surface area contributed by atoms with Gasteiger partial charge in [-0.05, 0) is 52.1 Å². The zero-order chi connectivity index (χ0) is 11.3. The molecule has 1 rings (SSSR count). The van der Waals surface area contributed by atoms with Crippen LogP contribution in [-0.2, 0) is 0 Å². The first kappa shape index (κ1) is 13.0. The minimum Gasteiger partial charge on any atom is -0.315 e. The van der Waals surface area contributed by atoms with Gasteiger partial charge in [-0.3, -0.25) is 4.90 Å². The summed E-state index contributed by atoms with van der Waals surface area (Å²) < 4.78 is 0. The van der Waals surface area contributed by atoms with Crippen LogP contribution in [-0.4, -0.2) is 36.6 Å². The van der Waals surface area contributed by atoms with Gasteiger partial charge < -0.3 is 5.32 Å². The number of nitrogens with zero attached hydrogens (tertiary/aromatic N) is 1. The first-order chi connectivity index (χ1) is 7.02. The maximum absolute atomic E-state index is 3.54. The van der Waals surface area contributed by atoms with Crippen molar-refractivity contribution in [1.29, 1.82) is 0 Å². The Balaban J connectivity index is 2.05. The molecule has 1 aliphatic rings. The van der Waals surface area contributed by atoms with E-state index in [0.717, 1.165) is 12.5 Å². The summed E-state index contributed by atoms with van der Waals surface area (Å²) in [4.78, 5) is 2.62. The van der Waals surface area contributed by atoms with Crippen molar-refractivity contribution < 1.29 is 0 Å². The molecule has 0 aromatic rings. The molecule has 0 aromatic heterocycles. The molecule has 1 aliphatic heterocycles. The highest BCUT2D eigenvalue weighted by Crippen LogP contribution is 2.27. The van der Waals surface area contributed by atoms with Crippen LogP contribution >= 0.6 is 0 Å². The van der Waals surface area contributed by atoms with E-state index < -0.39 is 0 Å². The second kappa shape index (κ2) is 5.86. The summed E-state index contributed by atoms with van der Waals surface area (Å²) in [6.45, 7) is 14.1. The Labute approximate surface area is 95.4 Å². The number of rotatable bonds is 6. The van der Waals surface area contributed by atoms with E-state index in [4.69, 9.17) is 0 Å². The van der Waals surface area contributed by atoms with Gasteiger partial charge in [-0.25, -0.2) is 0 Å². The Morgan fingerprint density at radius 3 is 2.53 bits per heavy atom. The van der Waals surface area contributed by atoms with Gasteiger partial charge >= 0.3 is 0 Å². The van der Waals surface area contributed by atoms with Crippen molar-refractivity contribution in [3.63, 3.8) is 0 Å². The van der Waals surface area contributed by atoms with E-state index in [0.29, 0.717) is 5.54 Å². The molecular weight excluding hydrogens is 184 g/mol. The predicted molar refractivity (Wildman–Crippen MR) is 67.2 cm³/mol. The van der Waals surface area contributed by atoms with E-state index in [-0.39, 0.29) is 0 Å². The average Bonchev–Trinajstić information content (AvgIpc) is 2.44. The van der Waals surface area contributed by atoms with E-state index >= 15 is 0 Å². The number of hydrogen-bond acceptors (Lipinski definition) is 2. The van der Waals surface area contributed by atoms with Crippen LogP contribution in [0.3, 0.4) is 0 Å². The van der Waals surface area contributed by atoms with Gasteiger partial charge in [0.2, 0.25) is 0 Å². The maximum Gasteiger partial charge on any atom is 0.0154 e. The predicted octanol–water partition coefficient (Wildman–Crippen LogP) is 2.50. The second-order valence-corrected chi connectivity index (χ2v) is 5.84. The molecule has 0 radical (unpaired) electrons. The third-order valence-electron chi connectivity index (χ3n) is 3.53. The van der Waals surface area contributed by atoms with Gasteiger partial charge in [0.15, 0.2) is 0 Å². The third-order valence-corrected chi connectivity index (χ3v) is 3.53. The molecule has 1 heterocycles. The third kappa shape index (κ3) is 4.52. The van der Waals surface area contributed by atoms with Crippen molar-refractivity contribution >= 4 is 0 Å². The van der Waals surface area contributed by atoms with Crippen molar-refractivity contribution in [3.05, 3.63) is 0 Å². The lowest BCUT2D eigenvalue weighted by Gasteiger charge is -2.31. The fourth-order valence-electron chi connectivity index (χ4n) is 2.31. The quantitative estimate of drug-likeness (QED) is 0.681. The molecule has 0 atom stereocenters. The lowest BCUT2D eigenvalue weighted by Crippen LogP contribution is -2.42. The van der Waals surface area contributed by atoms with Gasteiger partial charge in [0.1, 0.15) is 0 Å². The minimum atomic E-state index is 0.444. The van der Waals surface area contributed by atoms with Crippen molar-refractivity contribution in [2.75, 3.05) is 26.2 Å². The van der Waals surface area contributed by atoms with Crippen molar-refractivity contribution in [3.8, 4) is 0 Å². The largest absolute Gasteiger partial charge is 0.315 e. The number of hydrogen-bond donors (Lipinski definition) is 1. The Morgan fingerprint density at radius 1 is 1.27 bits per heavy atom. The van der Waals surface area contributed by atoms with Gasteiger partial charge in [-0.15, -0.1) is 0 Å². The van der Waals surface area contributed by atoms with Crippen LogP contribution in [0.2, 0.25) is 0 Å². The molecule has 15 heavy (non-hydrogen) atoms. The van der Waals surface area contributed by atoms with Crippen LogP contribution in [0.1, 0.15) is 47.0 Å². The van der Waals surface area contributed by atoms with Gasteiger partial charge in [-0.1, -0.05) is 13.8 Å². The summed E-state index contributed by atoms with van der Waals surface area (Å²) in [6.07, 6.45) is 4.03. The zero-order valence-electron chi connectivity index (χ0n) is 11.0. The molecule has 2 nitrogen and oxygen atoms in total. The lowest BCUT2D eigenvalue weighted by molar-refractivity contribution is 0.176. The van der Waals surface area contributed by atoms with Crippen molar-refractivity contribution in [1.82, 2.24) is 10.2 Å². The molecule has 2 heteroatoms. The van der Waals surface area contributed by atoms with E-state index in [2.05, 4.69) is 37.9 Å². The zero-order valence-corrected chi connectivity index (χ0v) is 11.0. The van der Waals surface area contributed by atoms with Crippen LogP contribution in [0.4, 0.5) is 0 Å². The summed E-state index contributed by atoms with van der Waals surface area (Å²) in [7, 11) is 0. The molecule has 0 spiro atoms. The Kier molecular flexibility index (Phi) is 5.07. The van der Waals surface area contributed by atoms with E-state index in [9.17, 15) is 0 Å². The van der Waals surface area contributed by atoms with Gasteiger partial charge in [-0.2, -0.15) is 0 Å². The topological polar surface area (TPSA) is 15.3 Å². The SMILES string of the molecule is CC(C)CCNCCN1CCCC1(C)C. The first-order valence-corrected chi connectivity index (χ1v) is 6.48. The van der Waals surface area contributed by atoms with Crippen molar-refractivity contribution in [2.24, 2.45) is 5.92 Å². The number of nitrogens with one attached hydrogen (secondary N) is 1. The van der Waals surface area contributed by atoms with Crippen LogP contribution in [0, 0.1) is 5.92 Å². The molecule has 90 valence electrons. The normalized spacial score (nSPS) is 21.4. The average molecular weight is 212 g/mol. The Morgan fingerprint density at radius 2 is 2.00 bits per heavy atom. The highest BCUT2D eigenvalue weighted by molar-refractivity contribution is 4.87. The monoisotopic (exact) mass is 212 g/mol. The molecule has 1 N–H and O–H groups in total. The molecule has 0 unspecified atom stereocenters. The summed E-state index contributed by atoms with van der Waals surface area (Å²) in [5, 5.41) is 3.54. The molecule has 0 bridgehead atoms. The molecule has 0 amide bonds. The Bertz CT molecular complexity index is 175. The molecule has 1 fully saturated rings. The first-order valence-electron chi connectivity index (χ1n) is 6.48. The van der Waals surface area contributed by atoms with Gasteiger partial charge in [0.05, 0.1) is 0 Å². The highest BCUT2D eigenvalue weighted by Gasteiger charge is 2.30. The molecular formula is C13H28N2. The van der Waals surface area contributed by atoms with Crippen LogP contribution in [0.25, 0.3) is 0 Å². The van der Waals surface area contributed by atoms with Crippen LogP contribution < -0.4 is 5.32 Å². The standard InChI is InChI=1S/C13H28N2/c1-12(2)6-8-14-9-11-15-10-5-7-13(15,3)4/h12,14H,5-11H2,1-4H3. The van der Waals surface area contributed by atoms with Gasteiger partial charge in [0, 0.05) is 18.6 Å². The maximum atomic E-state index is 3.54. The van der Waals surface area contributed by atoms with E-state index in [1.165, 1.54) is 38.9 Å². The van der Waals surface area contributed by atoms with E-state index in [1.54, 1.807) is 0 Å². The summed E-state index contributed by atoms with van der Waals surface area (Å²) in [5.41, 5.74) is 0.444. The summed E-state index contributed by atoms with van der Waals surface area (Å²) in [6, 6.07) is 0. The fourth-order valence-corrected chi connectivity index (χ4v) is 2.31. The molecule has 0 aliphatic carbocycles. The Hall–Kier alpha value is -0.0800. The number of likely N-dealkylation sites (tertiary alicyclic amines) is 1. The molecule has 1 saturated heterocycles. The second-order valence-electron chi connectivity index (χ2n) is 5.84. The molecule has 0 saturated carbocycles. The van der Waals surface area contributed by atoms with Gasteiger partial charge in [0.25, 0.3) is 0 Å². The smallest absolute Gasteiger partial charge is 0.0154 e. The van der Waals surface area contributed by atoms with Crippen LogP contribution in [0.15, 0.2) is 0 Å².